The van der Waals surface area contributed by atoms with Crippen LogP contribution in [0.3, 0.4) is 0 Å². The minimum Gasteiger partial charge on any atom is -0.497 e. The van der Waals surface area contributed by atoms with Crippen molar-refractivity contribution in [1.82, 2.24) is 14.9 Å². The summed E-state index contributed by atoms with van der Waals surface area (Å²) in [5.74, 6) is 1.97. The van der Waals surface area contributed by atoms with E-state index in [1.807, 2.05) is 31.2 Å². The summed E-state index contributed by atoms with van der Waals surface area (Å²) in [7, 11) is 1.64. The zero-order valence-electron chi connectivity index (χ0n) is 15.7. The maximum Gasteiger partial charge on any atom is 0.257 e. The van der Waals surface area contributed by atoms with Crippen molar-refractivity contribution in [2.75, 3.05) is 12.4 Å². The van der Waals surface area contributed by atoms with Crippen molar-refractivity contribution in [3.05, 3.63) is 51.9 Å². The van der Waals surface area contributed by atoms with Gasteiger partial charge in [0.2, 0.25) is 11.9 Å². The predicted molar refractivity (Wildman–Crippen MR) is 105 cm³/mol. The van der Waals surface area contributed by atoms with Gasteiger partial charge in [0.15, 0.2) is 6.17 Å². The summed E-state index contributed by atoms with van der Waals surface area (Å²) >= 11 is 0. The Morgan fingerprint density at radius 1 is 1.19 bits per heavy atom. The molecule has 1 aromatic carbocycles. The zero-order chi connectivity index (χ0) is 18.8. The lowest BCUT2D eigenvalue weighted by molar-refractivity contribution is 0.410. The molecule has 2 aliphatic rings. The summed E-state index contributed by atoms with van der Waals surface area (Å²) in [5, 5.41) is 6.73. The van der Waals surface area contributed by atoms with Crippen molar-refractivity contribution in [1.29, 1.82) is 0 Å². The highest BCUT2D eigenvalue weighted by Gasteiger charge is 2.26. The Bertz CT molecular complexity index is 898. The molecule has 1 fully saturated rings. The fourth-order valence-corrected chi connectivity index (χ4v) is 3.76. The van der Waals surface area contributed by atoms with Gasteiger partial charge in [-0.2, -0.15) is 0 Å². The van der Waals surface area contributed by atoms with Gasteiger partial charge < -0.3 is 10.1 Å². The van der Waals surface area contributed by atoms with Gasteiger partial charge in [-0.3, -0.25) is 14.7 Å². The molecule has 27 heavy (non-hydrogen) atoms. The van der Waals surface area contributed by atoms with E-state index < -0.39 is 6.17 Å². The summed E-state index contributed by atoms with van der Waals surface area (Å²) in [6.07, 6.45) is 5.59. The third-order valence-corrected chi connectivity index (χ3v) is 5.17. The van der Waals surface area contributed by atoms with Gasteiger partial charge in [0.25, 0.3) is 5.56 Å². The second kappa shape index (κ2) is 7.42. The first-order valence-electron chi connectivity index (χ1n) is 9.49. The molecule has 0 spiro atoms. The number of nitrogens with zero attached hydrogens (tertiary/aromatic N) is 3. The van der Waals surface area contributed by atoms with Crippen molar-refractivity contribution < 1.29 is 4.74 Å². The Balaban J connectivity index is 1.71. The molecule has 4 rings (SSSR count). The van der Waals surface area contributed by atoms with Crippen LogP contribution < -0.4 is 20.9 Å². The third kappa shape index (κ3) is 3.67. The fraction of sp³-hybridized carbons (Fsp3) is 0.450. The number of aryl methyl sites for hydroxylation is 1. The molecule has 142 valence electrons. The Kier molecular flexibility index (Phi) is 4.83. The molecule has 1 atom stereocenters. The minimum atomic E-state index is -0.459. The summed E-state index contributed by atoms with van der Waals surface area (Å²) in [4.78, 5) is 22.0. The lowest BCUT2D eigenvalue weighted by Crippen LogP contribution is -2.45. The first kappa shape index (κ1) is 17.6. The Labute approximate surface area is 158 Å². The van der Waals surface area contributed by atoms with Crippen LogP contribution in [0.4, 0.5) is 5.95 Å². The van der Waals surface area contributed by atoms with Gasteiger partial charge in [0.05, 0.1) is 7.11 Å². The second-order valence-electron chi connectivity index (χ2n) is 7.16. The quantitative estimate of drug-likeness (QED) is 0.872. The van der Waals surface area contributed by atoms with Crippen molar-refractivity contribution in [2.24, 2.45) is 4.99 Å². The van der Waals surface area contributed by atoms with E-state index >= 15 is 0 Å². The highest BCUT2D eigenvalue weighted by atomic mass is 16.5. The van der Waals surface area contributed by atoms with E-state index in [2.05, 4.69) is 15.6 Å². The minimum absolute atomic E-state index is 0.119. The number of aliphatic imine (C=N–C) groups is 1. The predicted octanol–water partition coefficient (Wildman–Crippen LogP) is 2.81. The molecule has 1 saturated carbocycles. The van der Waals surface area contributed by atoms with Crippen LogP contribution in [0.15, 0.2) is 40.1 Å². The largest absolute Gasteiger partial charge is 0.497 e. The molecule has 1 unspecified atom stereocenters. The van der Waals surface area contributed by atoms with Crippen LogP contribution in [0, 0.1) is 6.92 Å². The third-order valence-electron chi connectivity index (χ3n) is 5.17. The lowest BCUT2D eigenvalue weighted by atomic mass is 9.96. The molecule has 0 amide bonds. The standard InChI is InChI=1S/C20H25N5O2/c1-13-12-17(26)25-18(14-8-10-16(27-2)11-9-14)23-19(24-20(25)21-13)22-15-6-4-3-5-7-15/h8-12,15,18H,3-7H2,1-2H3,(H2,21,22,23,24). The zero-order valence-corrected chi connectivity index (χ0v) is 15.7. The van der Waals surface area contributed by atoms with E-state index in [1.54, 1.807) is 11.7 Å². The van der Waals surface area contributed by atoms with Crippen LogP contribution in [0.25, 0.3) is 0 Å². The Hall–Kier alpha value is -2.83. The topological polar surface area (TPSA) is 80.5 Å². The van der Waals surface area contributed by atoms with Gasteiger partial charge >= 0.3 is 0 Å². The molecule has 1 aliphatic heterocycles. The van der Waals surface area contributed by atoms with Crippen LogP contribution in [0.5, 0.6) is 5.75 Å². The SMILES string of the molecule is COc1ccc(C2N=C(NC3CCCCC3)Nc3nc(C)cc(=O)n32)cc1. The van der Waals surface area contributed by atoms with E-state index in [0.717, 1.165) is 24.2 Å². The number of benzene rings is 1. The van der Waals surface area contributed by atoms with Crippen molar-refractivity contribution in [2.45, 2.75) is 51.2 Å². The van der Waals surface area contributed by atoms with Gasteiger partial charge in [-0.1, -0.05) is 31.4 Å². The molecule has 1 aromatic heterocycles. The van der Waals surface area contributed by atoms with Gasteiger partial charge in [0.1, 0.15) is 5.75 Å². The van der Waals surface area contributed by atoms with Crippen molar-refractivity contribution in [3.8, 4) is 5.75 Å². The molecular weight excluding hydrogens is 342 g/mol. The van der Waals surface area contributed by atoms with Crippen LogP contribution >= 0.6 is 0 Å². The van der Waals surface area contributed by atoms with Gasteiger partial charge in [-0.15, -0.1) is 0 Å². The summed E-state index contributed by atoms with van der Waals surface area (Å²) < 4.78 is 6.84. The molecule has 0 bridgehead atoms. The maximum atomic E-state index is 12.7. The number of guanidine groups is 1. The number of rotatable bonds is 3. The van der Waals surface area contributed by atoms with Crippen LogP contribution in [-0.2, 0) is 0 Å². The number of methoxy groups -OCH3 is 1. The number of nitrogens with one attached hydrogen (secondary N) is 2. The van der Waals surface area contributed by atoms with E-state index in [-0.39, 0.29) is 5.56 Å². The average Bonchev–Trinajstić information content (AvgIpc) is 2.68. The van der Waals surface area contributed by atoms with E-state index in [0.29, 0.717) is 23.6 Å². The number of hydrogen-bond donors (Lipinski definition) is 2. The lowest BCUT2D eigenvalue weighted by Gasteiger charge is -2.30. The normalized spacial score (nSPS) is 19.6. The van der Waals surface area contributed by atoms with E-state index in [9.17, 15) is 4.79 Å². The number of fused-ring (bicyclic) bond motifs is 1. The van der Waals surface area contributed by atoms with Gasteiger partial charge in [-0.25, -0.2) is 9.98 Å². The monoisotopic (exact) mass is 367 g/mol. The molecule has 1 aliphatic carbocycles. The van der Waals surface area contributed by atoms with Crippen LogP contribution in [0.2, 0.25) is 0 Å². The van der Waals surface area contributed by atoms with Crippen LogP contribution in [0.1, 0.15) is 49.5 Å². The first-order chi connectivity index (χ1) is 13.1. The number of hydrogen-bond acceptors (Lipinski definition) is 6. The van der Waals surface area contributed by atoms with Crippen molar-refractivity contribution in [3.63, 3.8) is 0 Å². The molecule has 2 N–H and O–H groups in total. The number of aromatic nitrogens is 2. The second-order valence-corrected chi connectivity index (χ2v) is 7.16. The van der Waals surface area contributed by atoms with E-state index in [4.69, 9.17) is 9.73 Å². The Morgan fingerprint density at radius 2 is 1.93 bits per heavy atom. The molecule has 2 heterocycles. The fourth-order valence-electron chi connectivity index (χ4n) is 3.76. The molecule has 2 aromatic rings. The van der Waals surface area contributed by atoms with E-state index in [1.165, 1.54) is 25.3 Å². The molecule has 0 saturated heterocycles. The molecule has 7 heteroatoms. The van der Waals surface area contributed by atoms with Crippen LogP contribution in [-0.4, -0.2) is 28.7 Å². The first-order valence-corrected chi connectivity index (χ1v) is 9.49. The Morgan fingerprint density at radius 3 is 2.63 bits per heavy atom. The summed E-state index contributed by atoms with van der Waals surface area (Å²) in [5.41, 5.74) is 1.48. The van der Waals surface area contributed by atoms with Gasteiger partial charge in [-0.05, 0) is 37.5 Å². The number of anilines is 1. The highest BCUT2D eigenvalue weighted by molar-refractivity contribution is 5.93. The average molecular weight is 367 g/mol. The smallest absolute Gasteiger partial charge is 0.257 e. The number of ether oxygens (including phenoxy) is 1. The molecular formula is C20H25N5O2. The maximum absolute atomic E-state index is 12.7. The summed E-state index contributed by atoms with van der Waals surface area (Å²) in [6, 6.07) is 9.58. The molecule has 0 radical (unpaired) electrons. The highest BCUT2D eigenvalue weighted by Crippen LogP contribution is 2.27. The van der Waals surface area contributed by atoms with Crippen molar-refractivity contribution >= 4 is 11.9 Å². The molecule has 7 nitrogen and oxygen atoms in total. The summed E-state index contributed by atoms with van der Waals surface area (Å²) in [6.45, 7) is 1.83. The van der Waals surface area contributed by atoms with Gasteiger partial charge in [0, 0.05) is 17.8 Å².